The lowest BCUT2D eigenvalue weighted by molar-refractivity contribution is 0.299. The zero-order valence-corrected chi connectivity index (χ0v) is 12.2. The van der Waals surface area contributed by atoms with Crippen LogP contribution in [0.2, 0.25) is 0 Å². The van der Waals surface area contributed by atoms with Crippen LogP contribution < -0.4 is 0 Å². The Morgan fingerprint density at radius 3 is 2.06 bits per heavy atom. The third-order valence-corrected chi connectivity index (χ3v) is 4.12. The van der Waals surface area contributed by atoms with Gasteiger partial charge in [0.2, 0.25) is 0 Å². The second kappa shape index (κ2) is 5.19. The molecule has 96 valence electrons. The van der Waals surface area contributed by atoms with Crippen LogP contribution >= 0.6 is 0 Å². The highest BCUT2D eigenvalue weighted by molar-refractivity contribution is 5.48. The van der Waals surface area contributed by atoms with Gasteiger partial charge >= 0.3 is 0 Å². The summed E-state index contributed by atoms with van der Waals surface area (Å²) in [6.45, 7) is 8.83. The number of benzene rings is 1. The third-order valence-electron chi connectivity index (χ3n) is 4.12. The fraction of sp³-hybridized carbons (Fsp3) is 0.556. The van der Waals surface area contributed by atoms with E-state index in [9.17, 15) is 0 Å². The van der Waals surface area contributed by atoms with Gasteiger partial charge < -0.3 is 0 Å². The van der Waals surface area contributed by atoms with Crippen molar-refractivity contribution in [2.75, 3.05) is 0 Å². The van der Waals surface area contributed by atoms with Gasteiger partial charge in [-0.3, -0.25) is 0 Å². The Labute approximate surface area is 112 Å². The van der Waals surface area contributed by atoms with E-state index in [-0.39, 0.29) is 5.41 Å². The van der Waals surface area contributed by atoms with E-state index in [1.54, 1.807) is 0 Å². The van der Waals surface area contributed by atoms with Crippen LogP contribution in [0, 0.1) is 38.0 Å². The Bertz CT molecular complexity index is 468. The highest BCUT2D eigenvalue weighted by Crippen LogP contribution is 2.35. The first-order chi connectivity index (χ1) is 8.50. The van der Waals surface area contributed by atoms with Crippen molar-refractivity contribution in [1.29, 1.82) is 0 Å². The van der Waals surface area contributed by atoms with E-state index in [0.717, 1.165) is 0 Å². The van der Waals surface area contributed by atoms with Crippen LogP contribution in [0.5, 0.6) is 0 Å². The van der Waals surface area contributed by atoms with Gasteiger partial charge in [-0.1, -0.05) is 48.8 Å². The zero-order valence-electron chi connectivity index (χ0n) is 12.2. The second-order valence-corrected chi connectivity index (χ2v) is 6.15. The Morgan fingerprint density at radius 1 is 0.944 bits per heavy atom. The SMILES string of the molecule is Cc1cc(C)c(C#CC2(C)CCCCC2)c(C)c1. The normalized spacial score (nSPS) is 18.0. The van der Waals surface area contributed by atoms with Crippen molar-refractivity contribution >= 4 is 0 Å². The van der Waals surface area contributed by atoms with Crippen molar-refractivity contribution in [3.63, 3.8) is 0 Å². The molecule has 1 aliphatic rings. The summed E-state index contributed by atoms with van der Waals surface area (Å²) >= 11 is 0. The average Bonchev–Trinajstić information content (AvgIpc) is 2.28. The van der Waals surface area contributed by atoms with Crippen LogP contribution in [0.4, 0.5) is 0 Å². The van der Waals surface area contributed by atoms with Gasteiger partial charge in [0.25, 0.3) is 0 Å². The topological polar surface area (TPSA) is 0 Å². The van der Waals surface area contributed by atoms with E-state index in [1.165, 1.54) is 54.4 Å². The number of hydrogen-bond acceptors (Lipinski definition) is 0. The number of rotatable bonds is 0. The molecule has 18 heavy (non-hydrogen) atoms. The van der Waals surface area contributed by atoms with Crippen molar-refractivity contribution in [1.82, 2.24) is 0 Å². The molecule has 0 bridgehead atoms. The van der Waals surface area contributed by atoms with Crippen molar-refractivity contribution in [2.45, 2.75) is 59.8 Å². The molecule has 0 spiro atoms. The molecule has 0 aliphatic heterocycles. The Hall–Kier alpha value is -1.22. The molecule has 0 unspecified atom stereocenters. The molecule has 0 N–H and O–H groups in total. The molecule has 2 rings (SSSR count). The van der Waals surface area contributed by atoms with Gasteiger partial charge in [0.05, 0.1) is 0 Å². The maximum atomic E-state index is 3.57. The molecule has 1 fully saturated rings. The minimum atomic E-state index is 0.252. The summed E-state index contributed by atoms with van der Waals surface area (Å²) in [6.07, 6.45) is 6.61. The highest BCUT2D eigenvalue weighted by Gasteiger charge is 2.24. The van der Waals surface area contributed by atoms with Crippen LogP contribution in [0.3, 0.4) is 0 Å². The molecule has 0 amide bonds. The summed E-state index contributed by atoms with van der Waals surface area (Å²) in [5, 5.41) is 0. The molecule has 1 aromatic carbocycles. The Kier molecular flexibility index (Phi) is 3.81. The van der Waals surface area contributed by atoms with Crippen molar-refractivity contribution in [3.8, 4) is 11.8 Å². The van der Waals surface area contributed by atoms with Gasteiger partial charge in [0, 0.05) is 11.0 Å². The largest absolute Gasteiger partial charge is 0.0914 e. The molecule has 1 saturated carbocycles. The third kappa shape index (κ3) is 2.96. The molecule has 0 aromatic heterocycles. The van der Waals surface area contributed by atoms with E-state index in [1.807, 2.05) is 0 Å². The van der Waals surface area contributed by atoms with Crippen LogP contribution in [0.1, 0.15) is 61.3 Å². The van der Waals surface area contributed by atoms with Gasteiger partial charge in [0.1, 0.15) is 0 Å². The second-order valence-electron chi connectivity index (χ2n) is 6.15. The standard InChI is InChI=1S/C18H24/c1-14-12-15(2)17(16(3)13-14)8-11-18(4)9-6-5-7-10-18/h12-13H,5-7,9-10H2,1-4H3. The van der Waals surface area contributed by atoms with E-state index in [2.05, 4.69) is 51.7 Å². The summed E-state index contributed by atoms with van der Waals surface area (Å²) in [7, 11) is 0. The van der Waals surface area contributed by atoms with Gasteiger partial charge in [-0.15, -0.1) is 0 Å². The lowest BCUT2D eigenvalue weighted by Gasteiger charge is -2.28. The summed E-state index contributed by atoms with van der Waals surface area (Å²) in [5.74, 6) is 7.03. The molecule has 0 heterocycles. The van der Waals surface area contributed by atoms with Crippen LogP contribution in [0.15, 0.2) is 12.1 Å². The first-order valence-electron chi connectivity index (χ1n) is 7.11. The number of hydrogen-bond donors (Lipinski definition) is 0. The molecular weight excluding hydrogens is 216 g/mol. The average molecular weight is 240 g/mol. The Balaban J connectivity index is 2.29. The first kappa shape index (κ1) is 13.2. The first-order valence-corrected chi connectivity index (χ1v) is 7.11. The fourth-order valence-electron chi connectivity index (χ4n) is 3.05. The van der Waals surface area contributed by atoms with Gasteiger partial charge in [-0.05, 0) is 51.7 Å². The highest BCUT2D eigenvalue weighted by atomic mass is 14.3. The molecule has 1 aromatic rings. The van der Waals surface area contributed by atoms with Crippen LogP contribution in [0.25, 0.3) is 0 Å². The zero-order chi connectivity index (χ0) is 13.2. The quantitative estimate of drug-likeness (QED) is 0.564. The summed E-state index contributed by atoms with van der Waals surface area (Å²) in [4.78, 5) is 0. The molecule has 0 radical (unpaired) electrons. The maximum absolute atomic E-state index is 3.57. The predicted octanol–water partition coefficient (Wildman–Crippen LogP) is 4.93. The molecule has 1 aliphatic carbocycles. The lowest BCUT2D eigenvalue weighted by Crippen LogP contribution is -2.17. The monoisotopic (exact) mass is 240 g/mol. The van der Waals surface area contributed by atoms with E-state index in [4.69, 9.17) is 0 Å². The summed E-state index contributed by atoms with van der Waals surface area (Å²) in [6, 6.07) is 4.47. The molecule has 0 nitrogen and oxygen atoms in total. The van der Waals surface area contributed by atoms with Gasteiger partial charge in [-0.25, -0.2) is 0 Å². The van der Waals surface area contributed by atoms with Crippen molar-refractivity contribution in [3.05, 3.63) is 34.4 Å². The minimum absolute atomic E-state index is 0.252. The summed E-state index contributed by atoms with van der Waals surface area (Å²) < 4.78 is 0. The van der Waals surface area contributed by atoms with E-state index < -0.39 is 0 Å². The fourth-order valence-corrected chi connectivity index (χ4v) is 3.05. The molecule has 0 saturated heterocycles. The van der Waals surface area contributed by atoms with E-state index >= 15 is 0 Å². The van der Waals surface area contributed by atoms with Crippen LogP contribution in [-0.2, 0) is 0 Å². The van der Waals surface area contributed by atoms with Gasteiger partial charge in [-0.2, -0.15) is 0 Å². The maximum Gasteiger partial charge on any atom is 0.0304 e. The smallest absolute Gasteiger partial charge is 0.0304 e. The van der Waals surface area contributed by atoms with E-state index in [0.29, 0.717) is 0 Å². The molecule has 0 heteroatoms. The number of aryl methyl sites for hydroxylation is 3. The summed E-state index contributed by atoms with van der Waals surface area (Å²) in [5.41, 5.74) is 5.47. The van der Waals surface area contributed by atoms with Crippen LogP contribution in [-0.4, -0.2) is 0 Å². The van der Waals surface area contributed by atoms with Crippen molar-refractivity contribution < 1.29 is 0 Å². The minimum Gasteiger partial charge on any atom is -0.0914 e. The van der Waals surface area contributed by atoms with Crippen molar-refractivity contribution in [2.24, 2.45) is 5.41 Å². The Morgan fingerprint density at radius 2 is 1.50 bits per heavy atom. The van der Waals surface area contributed by atoms with Gasteiger partial charge in [0.15, 0.2) is 0 Å². The predicted molar refractivity (Wildman–Crippen MR) is 78.7 cm³/mol. The molecular formula is C18H24. The molecule has 0 atom stereocenters. The lowest BCUT2D eigenvalue weighted by atomic mass is 9.76.